The number of ether oxygens (including phenoxy) is 1. The van der Waals surface area contributed by atoms with Crippen LogP contribution in [0.3, 0.4) is 0 Å². The molecule has 3 rings (SSSR count). The van der Waals surface area contributed by atoms with Crippen LogP contribution in [0.5, 0.6) is 11.5 Å². The highest BCUT2D eigenvalue weighted by Crippen LogP contribution is 2.26. The highest BCUT2D eigenvalue weighted by molar-refractivity contribution is 9.10. The van der Waals surface area contributed by atoms with Crippen LogP contribution in [0.1, 0.15) is 28.7 Å². The number of carbonyl (C=O) groups excluding carboxylic acids is 1. The number of phenolic OH excluding ortho intramolecular Hbond substituents is 1. The van der Waals surface area contributed by atoms with Crippen molar-refractivity contribution in [3.8, 4) is 11.5 Å². The number of pyridine rings is 1. The Bertz CT molecular complexity index is 998. The van der Waals surface area contributed by atoms with E-state index >= 15 is 0 Å². The van der Waals surface area contributed by atoms with E-state index in [0.29, 0.717) is 35.0 Å². The zero-order chi connectivity index (χ0) is 18.7. The third-order valence-corrected chi connectivity index (χ3v) is 4.10. The summed E-state index contributed by atoms with van der Waals surface area (Å²) in [5.41, 5.74) is 4.89. The summed E-state index contributed by atoms with van der Waals surface area (Å²) in [7, 11) is 0. The van der Waals surface area contributed by atoms with Crippen molar-refractivity contribution >= 4 is 33.7 Å². The molecule has 0 radical (unpaired) electrons. The molecule has 3 aromatic rings. The van der Waals surface area contributed by atoms with E-state index in [1.807, 2.05) is 19.1 Å². The summed E-state index contributed by atoms with van der Waals surface area (Å²) in [5.74, 6) is 0.0541. The lowest BCUT2D eigenvalue weighted by Crippen LogP contribution is -2.20. The van der Waals surface area contributed by atoms with Gasteiger partial charge < -0.3 is 9.84 Å². The first-order chi connectivity index (χ1) is 12.5. The van der Waals surface area contributed by atoms with Gasteiger partial charge >= 0.3 is 0 Å². The SMILES string of the molecule is CCOc1cc(/C=N/NC(=O)c2c(C)nc3ccc(Br)cn23)ccc1O. The summed E-state index contributed by atoms with van der Waals surface area (Å²) >= 11 is 3.39. The predicted molar refractivity (Wildman–Crippen MR) is 102 cm³/mol. The Labute approximate surface area is 158 Å². The van der Waals surface area contributed by atoms with Gasteiger partial charge in [-0.25, -0.2) is 10.4 Å². The molecule has 0 unspecified atom stereocenters. The van der Waals surface area contributed by atoms with Crippen molar-refractivity contribution in [2.45, 2.75) is 13.8 Å². The molecule has 1 amide bonds. The lowest BCUT2D eigenvalue weighted by molar-refractivity contribution is 0.0948. The fraction of sp³-hybridized carbons (Fsp3) is 0.167. The average Bonchev–Trinajstić information content (AvgIpc) is 2.93. The molecule has 0 saturated heterocycles. The fourth-order valence-electron chi connectivity index (χ4n) is 2.51. The van der Waals surface area contributed by atoms with Gasteiger partial charge in [0.1, 0.15) is 11.3 Å². The molecule has 0 spiro atoms. The zero-order valence-corrected chi connectivity index (χ0v) is 15.8. The van der Waals surface area contributed by atoms with Crippen LogP contribution in [0.15, 0.2) is 46.1 Å². The second-order valence-corrected chi connectivity index (χ2v) is 6.40. The molecule has 0 aliphatic carbocycles. The number of carbonyl (C=O) groups is 1. The van der Waals surface area contributed by atoms with E-state index in [-0.39, 0.29) is 11.7 Å². The van der Waals surface area contributed by atoms with Gasteiger partial charge in [0.05, 0.1) is 18.5 Å². The summed E-state index contributed by atoms with van der Waals surface area (Å²) in [6.07, 6.45) is 3.26. The largest absolute Gasteiger partial charge is 0.504 e. The third-order valence-electron chi connectivity index (χ3n) is 3.64. The smallest absolute Gasteiger partial charge is 0.290 e. The Balaban J connectivity index is 1.79. The summed E-state index contributed by atoms with van der Waals surface area (Å²) < 4.78 is 7.87. The summed E-state index contributed by atoms with van der Waals surface area (Å²) in [5, 5.41) is 13.7. The minimum atomic E-state index is -0.367. The Morgan fingerprint density at radius 2 is 2.23 bits per heavy atom. The van der Waals surface area contributed by atoms with E-state index in [9.17, 15) is 9.90 Å². The van der Waals surface area contributed by atoms with Gasteiger partial charge in [-0.15, -0.1) is 0 Å². The van der Waals surface area contributed by atoms with Crippen LogP contribution in [0, 0.1) is 6.92 Å². The number of aryl methyl sites for hydroxylation is 1. The lowest BCUT2D eigenvalue weighted by Gasteiger charge is -2.06. The van der Waals surface area contributed by atoms with Crippen molar-refractivity contribution in [3.63, 3.8) is 0 Å². The van der Waals surface area contributed by atoms with Gasteiger partial charge in [0, 0.05) is 10.7 Å². The van der Waals surface area contributed by atoms with Crippen molar-refractivity contribution in [2.75, 3.05) is 6.61 Å². The molecule has 0 fully saturated rings. The Morgan fingerprint density at radius 1 is 1.42 bits per heavy atom. The molecule has 8 heteroatoms. The van der Waals surface area contributed by atoms with Gasteiger partial charge in [-0.3, -0.25) is 9.20 Å². The Morgan fingerprint density at radius 3 is 3.00 bits per heavy atom. The number of aromatic hydroxyl groups is 1. The fourth-order valence-corrected chi connectivity index (χ4v) is 2.85. The van der Waals surface area contributed by atoms with Gasteiger partial charge in [0.2, 0.25) is 0 Å². The van der Waals surface area contributed by atoms with Crippen molar-refractivity contribution in [1.29, 1.82) is 0 Å². The Hall–Kier alpha value is -2.87. The molecule has 2 N–H and O–H groups in total. The summed E-state index contributed by atoms with van der Waals surface area (Å²) in [4.78, 5) is 16.9. The first kappa shape index (κ1) is 17.9. The number of benzene rings is 1. The quantitative estimate of drug-likeness (QED) is 0.493. The predicted octanol–water partition coefficient (Wildman–Crippen LogP) is 3.27. The highest BCUT2D eigenvalue weighted by atomic mass is 79.9. The number of halogens is 1. The number of nitrogens with one attached hydrogen (secondary N) is 1. The molecule has 0 bridgehead atoms. The van der Waals surface area contributed by atoms with Crippen LogP contribution in [-0.4, -0.2) is 33.2 Å². The maximum Gasteiger partial charge on any atom is 0.290 e. The van der Waals surface area contributed by atoms with Crippen molar-refractivity contribution in [1.82, 2.24) is 14.8 Å². The van der Waals surface area contributed by atoms with Crippen molar-refractivity contribution < 1.29 is 14.6 Å². The number of hydrogen-bond donors (Lipinski definition) is 2. The molecule has 134 valence electrons. The highest BCUT2D eigenvalue weighted by Gasteiger charge is 2.16. The topological polar surface area (TPSA) is 88.2 Å². The maximum atomic E-state index is 12.5. The zero-order valence-electron chi connectivity index (χ0n) is 14.2. The normalized spacial score (nSPS) is 11.2. The number of phenols is 1. The minimum absolute atomic E-state index is 0.0555. The third kappa shape index (κ3) is 3.70. The van der Waals surface area contributed by atoms with Crippen LogP contribution >= 0.6 is 15.9 Å². The van der Waals surface area contributed by atoms with Crippen LogP contribution in [0.2, 0.25) is 0 Å². The van der Waals surface area contributed by atoms with Crippen LogP contribution in [-0.2, 0) is 0 Å². The Kier molecular flexibility index (Phi) is 5.22. The van der Waals surface area contributed by atoms with Crippen molar-refractivity contribution in [3.05, 3.63) is 58.0 Å². The van der Waals surface area contributed by atoms with Crippen LogP contribution in [0.4, 0.5) is 0 Å². The maximum absolute atomic E-state index is 12.5. The molecule has 0 atom stereocenters. The summed E-state index contributed by atoms with van der Waals surface area (Å²) in [6.45, 7) is 4.04. The van der Waals surface area contributed by atoms with Gasteiger partial charge in [0.25, 0.3) is 5.91 Å². The molecular formula is C18H17BrN4O3. The molecule has 1 aromatic carbocycles. The molecule has 0 aliphatic rings. The van der Waals surface area contributed by atoms with Crippen LogP contribution in [0.25, 0.3) is 5.65 Å². The standard InChI is InChI=1S/C18H17BrN4O3/c1-3-26-15-8-12(4-6-14(15)24)9-20-22-18(25)17-11(2)21-16-7-5-13(19)10-23(16)17/h4-10,24H,3H2,1-2H3,(H,22,25)/b20-9+. The monoisotopic (exact) mass is 416 g/mol. The van der Waals surface area contributed by atoms with E-state index in [1.54, 1.807) is 29.7 Å². The number of aromatic nitrogens is 2. The van der Waals surface area contributed by atoms with Gasteiger partial charge in [0.15, 0.2) is 11.5 Å². The van der Waals surface area contributed by atoms with Crippen LogP contribution < -0.4 is 10.2 Å². The number of amides is 1. The van der Waals surface area contributed by atoms with E-state index in [4.69, 9.17) is 4.74 Å². The van der Waals surface area contributed by atoms with Gasteiger partial charge in [-0.05, 0) is 65.7 Å². The number of rotatable bonds is 5. The second-order valence-electron chi connectivity index (χ2n) is 5.48. The van der Waals surface area contributed by atoms with E-state index in [1.165, 1.54) is 12.3 Å². The minimum Gasteiger partial charge on any atom is -0.504 e. The van der Waals surface area contributed by atoms with Crippen molar-refractivity contribution in [2.24, 2.45) is 5.10 Å². The first-order valence-electron chi connectivity index (χ1n) is 7.93. The second kappa shape index (κ2) is 7.57. The molecule has 2 aromatic heterocycles. The molecular weight excluding hydrogens is 400 g/mol. The van der Waals surface area contributed by atoms with E-state index in [2.05, 4.69) is 31.4 Å². The van der Waals surface area contributed by atoms with Gasteiger partial charge in [-0.1, -0.05) is 0 Å². The number of fused-ring (bicyclic) bond motifs is 1. The van der Waals surface area contributed by atoms with Gasteiger partial charge in [-0.2, -0.15) is 5.10 Å². The molecule has 7 nitrogen and oxygen atoms in total. The average molecular weight is 417 g/mol. The van der Waals surface area contributed by atoms with E-state index < -0.39 is 0 Å². The number of hydrazone groups is 1. The number of nitrogens with zero attached hydrogens (tertiary/aromatic N) is 3. The number of imidazole rings is 1. The molecule has 26 heavy (non-hydrogen) atoms. The van der Waals surface area contributed by atoms with E-state index in [0.717, 1.165) is 4.47 Å². The number of hydrogen-bond acceptors (Lipinski definition) is 5. The molecule has 2 heterocycles. The first-order valence-corrected chi connectivity index (χ1v) is 8.72. The molecule has 0 saturated carbocycles. The summed E-state index contributed by atoms with van der Waals surface area (Å²) in [6, 6.07) is 8.51. The lowest BCUT2D eigenvalue weighted by atomic mass is 10.2. The molecule has 0 aliphatic heterocycles.